The minimum Gasteiger partial charge on any atom is -0.352 e. The van der Waals surface area contributed by atoms with Gasteiger partial charge in [0.15, 0.2) is 11.0 Å². The summed E-state index contributed by atoms with van der Waals surface area (Å²) in [4.78, 5) is 7.90. The summed E-state index contributed by atoms with van der Waals surface area (Å²) in [6, 6.07) is 10.4. The highest BCUT2D eigenvalue weighted by Gasteiger charge is 2.14. The van der Waals surface area contributed by atoms with Crippen molar-refractivity contribution in [2.24, 2.45) is 0 Å². The number of aromatic nitrogens is 2. The lowest BCUT2D eigenvalue weighted by Gasteiger charge is -2.12. The molecule has 0 unspecified atom stereocenters. The van der Waals surface area contributed by atoms with Gasteiger partial charge < -0.3 is 5.32 Å². The van der Waals surface area contributed by atoms with Crippen LogP contribution in [0.4, 0.5) is 15.8 Å². The molecule has 0 amide bonds. The van der Waals surface area contributed by atoms with Gasteiger partial charge in [-0.05, 0) is 6.07 Å². The fourth-order valence-electron chi connectivity index (χ4n) is 2.05. The molecule has 0 saturated carbocycles. The van der Waals surface area contributed by atoms with Gasteiger partial charge in [-0.25, -0.2) is 14.4 Å². The molecule has 1 N–H and O–H groups in total. The number of benzene rings is 1. The zero-order valence-electron chi connectivity index (χ0n) is 10.9. The van der Waals surface area contributed by atoms with Crippen molar-refractivity contribution in [3.05, 3.63) is 58.2 Å². The van der Waals surface area contributed by atoms with E-state index in [2.05, 4.69) is 15.3 Å². The topological polar surface area (TPSA) is 61.6 Å². The van der Waals surface area contributed by atoms with Crippen molar-refractivity contribution in [3.8, 4) is 6.07 Å². The van der Waals surface area contributed by atoms with Crippen molar-refractivity contribution in [3.63, 3.8) is 0 Å². The molecular weight excluding hydrogens is 326 g/mol. The molecule has 0 fully saturated rings. The summed E-state index contributed by atoms with van der Waals surface area (Å²) in [5, 5.41) is 12.8. The monoisotopic (exact) mass is 332 g/mol. The molecule has 2 aromatic heterocycles. The van der Waals surface area contributed by atoms with E-state index in [0.29, 0.717) is 22.3 Å². The first kappa shape index (κ1) is 14.5. The number of nitriles is 1. The number of rotatable bonds is 2. The summed E-state index contributed by atoms with van der Waals surface area (Å²) in [5.74, 6) is -0.658. The number of hydrogen-bond acceptors (Lipinski definition) is 4. The van der Waals surface area contributed by atoms with Crippen LogP contribution in [0.15, 0.2) is 36.5 Å². The maximum absolute atomic E-state index is 13.5. The smallest absolute Gasteiger partial charge is 0.164 e. The Morgan fingerprint density at radius 1 is 1.18 bits per heavy atom. The summed E-state index contributed by atoms with van der Waals surface area (Å²) in [7, 11) is 0. The molecule has 0 aliphatic heterocycles. The zero-order chi connectivity index (χ0) is 15.7. The van der Waals surface area contributed by atoms with E-state index >= 15 is 0 Å². The molecule has 0 spiro atoms. The van der Waals surface area contributed by atoms with E-state index < -0.39 is 5.82 Å². The number of fused-ring (bicyclic) bond motifs is 1. The summed E-state index contributed by atoms with van der Waals surface area (Å²) in [6.45, 7) is 0. The van der Waals surface area contributed by atoms with E-state index in [0.717, 1.165) is 0 Å². The molecule has 2 heterocycles. The van der Waals surface area contributed by atoms with Crippen molar-refractivity contribution in [2.75, 3.05) is 5.32 Å². The lowest BCUT2D eigenvalue weighted by molar-refractivity contribution is 0.622. The third kappa shape index (κ3) is 2.54. The second-order valence-electron chi connectivity index (χ2n) is 4.40. The third-order valence-electron chi connectivity index (χ3n) is 3.03. The maximum Gasteiger partial charge on any atom is 0.164 e. The van der Waals surface area contributed by atoms with Gasteiger partial charge in [-0.3, -0.25) is 0 Å². The SMILES string of the molecule is N#Cc1c(Cl)nc2ccccc2c1Nc1cnc(Cl)c(F)c1. The number of hydrogen-bond donors (Lipinski definition) is 1. The average molecular weight is 333 g/mol. The zero-order valence-corrected chi connectivity index (χ0v) is 12.5. The van der Waals surface area contributed by atoms with E-state index in [1.807, 2.05) is 18.2 Å². The van der Waals surface area contributed by atoms with Gasteiger partial charge in [0.25, 0.3) is 0 Å². The minimum atomic E-state index is -0.658. The normalized spacial score (nSPS) is 10.5. The Balaban J connectivity index is 2.20. The van der Waals surface area contributed by atoms with Gasteiger partial charge in [0.2, 0.25) is 0 Å². The molecule has 1 aromatic carbocycles. The van der Waals surface area contributed by atoms with E-state index in [1.54, 1.807) is 12.1 Å². The number of para-hydroxylation sites is 1. The molecule has 108 valence electrons. The van der Waals surface area contributed by atoms with Gasteiger partial charge in [-0.15, -0.1) is 0 Å². The van der Waals surface area contributed by atoms with Crippen LogP contribution in [0.3, 0.4) is 0 Å². The van der Waals surface area contributed by atoms with Crippen LogP contribution >= 0.6 is 23.2 Å². The second kappa shape index (κ2) is 5.76. The largest absolute Gasteiger partial charge is 0.352 e. The molecule has 0 bridgehead atoms. The molecule has 0 aliphatic rings. The highest BCUT2D eigenvalue weighted by atomic mass is 35.5. The van der Waals surface area contributed by atoms with Crippen molar-refractivity contribution in [1.82, 2.24) is 9.97 Å². The molecule has 3 rings (SSSR count). The first-order valence-corrected chi connectivity index (χ1v) is 6.92. The Morgan fingerprint density at radius 2 is 1.95 bits per heavy atom. The van der Waals surface area contributed by atoms with Crippen LogP contribution in [0, 0.1) is 17.1 Å². The molecular formula is C15H7Cl2FN4. The number of pyridine rings is 2. The number of anilines is 2. The third-order valence-corrected chi connectivity index (χ3v) is 3.58. The molecule has 0 aliphatic carbocycles. The van der Waals surface area contributed by atoms with Gasteiger partial charge in [0.1, 0.15) is 16.8 Å². The van der Waals surface area contributed by atoms with Gasteiger partial charge in [0.05, 0.1) is 23.1 Å². The maximum atomic E-state index is 13.5. The van der Waals surface area contributed by atoms with Gasteiger partial charge in [0, 0.05) is 11.5 Å². The molecule has 0 saturated heterocycles. The van der Waals surface area contributed by atoms with Crippen LogP contribution in [-0.2, 0) is 0 Å². The number of nitrogens with one attached hydrogen (secondary N) is 1. The Labute approximate surface area is 135 Å². The van der Waals surface area contributed by atoms with Crippen LogP contribution in [0.25, 0.3) is 10.9 Å². The van der Waals surface area contributed by atoms with Gasteiger partial charge in [-0.1, -0.05) is 41.4 Å². The van der Waals surface area contributed by atoms with Crippen molar-refractivity contribution >= 4 is 45.5 Å². The number of nitrogens with zero attached hydrogens (tertiary/aromatic N) is 3. The highest BCUT2D eigenvalue weighted by molar-refractivity contribution is 6.32. The van der Waals surface area contributed by atoms with E-state index in [-0.39, 0.29) is 15.9 Å². The predicted molar refractivity (Wildman–Crippen MR) is 84.0 cm³/mol. The molecule has 0 atom stereocenters. The number of halogens is 3. The summed E-state index contributed by atoms with van der Waals surface area (Å²) < 4.78 is 13.5. The quantitative estimate of drug-likeness (QED) is 0.691. The van der Waals surface area contributed by atoms with Crippen LogP contribution in [0.5, 0.6) is 0 Å². The fourth-order valence-corrected chi connectivity index (χ4v) is 2.38. The Kier molecular flexibility index (Phi) is 3.80. The molecule has 3 aromatic rings. The standard InChI is InChI=1S/C15H7Cl2FN4/c16-14-10(6-19)13(9-3-1-2-4-12(9)22-14)21-8-5-11(18)15(17)20-7-8/h1-5,7H,(H,21,22). The summed E-state index contributed by atoms with van der Waals surface area (Å²) >= 11 is 11.6. The van der Waals surface area contributed by atoms with Crippen LogP contribution in [-0.4, -0.2) is 9.97 Å². The highest BCUT2D eigenvalue weighted by Crippen LogP contribution is 2.33. The van der Waals surface area contributed by atoms with E-state index in [9.17, 15) is 9.65 Å². The van der Waals surface area contributed by atoms with E-state index in [4.69, 9.17) is 23.2 Å². The molecule has 4 nitrogen and oxygen atoms in total. The fraction of sp³-hybridized carbons (Fsp3) is 0. The molecule has 0 radical (unpaired) electrons. The molecule has 7 heteroatoms. The average Bonchev–Trinajstić information content (AvgIpc) is 2.51. The van der Waals surface area contributed by atoms with Crippen LogP contribution in [0.1, 0.15) is 5.56 Å². The summed E-state index contributed by atoms with van der Waals surface area (Å²) in [5.41, 5.74) is 1.60. The van der Waals surface area contributed by atoms with Crippen molar-refractivity contribution < 1.29 is 4.39 Å². The predicted octanol–water partition coefficient (Wildman–Crippen LogP) is 4.69. The lowest BCUT2D eigenvalue weighted by Crippen LogP contribution is -1.99. The summed E-state index contributed by atoms with van der Waals surface area (Å²) in [6.07, 6.45) is 1.37. The van der Waals surface area contributed by atoms with Crippen molar-refractivity contribution in [2.45, 2.75) is 0 Å². The lowest BCUT2D eigenvalue weighted by atomic mass is 10.1. The molecule has 22 heavy (non-hydrogen) atoms. The van der Waals surface area contributed by atoms with Gasteiger partial charge >= 0.3 is 0 Å². The minimum absolute atomic E-state index is 0.0751. The van der Waals surface area contributed by atoms with Gasteiger partial charge in [-0.2, -0.15) is 5.26 Å². The van der Waals surface area contributed by atoms with E-state index in [1.165, 1.54) is 12.3 Å². The van der Waals surface area contributed by atoms with Crippen LogP contribution < -0.4 is 5.32 Å². The van der Waals surface area contributed by atoms with Crippen molar-refractivity contribution in [1.29, 1.82) is 5.26 Å². The Bertz CT molecular complexity index is 921. The first-order valence-electron chi connectivity index (χ1n) is 6.16. The second-order valence-corrected chi connectivity index (χ2v) is 5.12. The Morgan fingerprint density at radius 3 is 2.68 bits per heavy atom. The Hall–Kier alpha value is -2.42. The van der Waals surface area contributed by atoms with Crippen LogP contribution in [0.2, 0.25) is 10.3 Å². The first-order chi connectivity index (χ1) is 10.6.